The highest BCUT2D eigenvalue weighted by Crippen LogP contribution is 2.67. The Morgan fingerprint density at radius 1 is 1.00 bits per heavy atom. The fraction of sp³-hybridized carbons (Fsp3) is 0.759. The SMILES string of the molecule is COc1cccc(N(C)[C@@H]2CC[C@@]3(C)C(CCC4C3CC[C@@]3(C)C4CC[C@@H]3C(C)=O)C2)c1. The highest BCUT2D eigenvalue weighted by atomic mass is 16.5. The van der Waals surface area contributed by atoms with Crippen molar-refractivity contribution in [3.8, 4) is 5.75 Å². The summed E-state index contributed by atoms with van der Waals surface area (Å²) in [5.74, 6) is 5.07. The number of carbonyl (C=O) groups is 1. The Morgan fingerprint density at radius 3 is 2.50 bits per heavy atom. The maximum atomic E-state index is 12.4. The molecular formula is C29H43NO2. The van der Waals surface area contributed by atoms with Crippen molar-refractivity contribution in [3.63, 3.8) is 0 Å². The summed E-state index contributed by atoms with van der Waals surface area (Å²) in [5, 5.41) is 0. The second-order valence-corrected chi connectivity index (χ2v) is 12.2. The zero-order valence-electron chi connectivity index (χ0n) is 20.9. The molecule has 0 saturated heterocycles. The molecule has 8 atom stereocenters. The third kappa shape index (κ3) is 3.32. The molecule has 4 aliphatic carbocycles. The van der Waals surface area contributed by atoms with Gasteiger partial charge < -0.3 is 9.64 Å². The number of ketones is 1. The van der Waals surface area contributed by atoms with Gasteiger partial charge in [0.2, 0.25) is 0 Å². The van der Waals surface area contributed by atoms with E-state index in [-0.39, 0.29) is 5.41 Å². The van der Waals surface area contributed by atoms with Crippen LogP contribution < -0.4 is 9.64 Å². The molecule has 4 fully saturated rings. The van der Waals surface area contributed by atoms with Crippen LogP contribution >= 0.6 is 0 Å². The van der Waals surface area contributed by atoms with E-state index in [0.29, 0.717) is 23.2 Å². The zero-order chi connectivity index (χ0) is 22.7. The van der Waals surface area contributed by atoms with Crippen LogP contribution in [0.25, 0.3) is 0 Å². The van der Waals surface area contributed by atoms with Crippen molar-refractivity contribution in [1.29, 1.82) is 0 Å². The van der Waals surface area contributed by atoms with Crippen LogP contribution in [0.4, 0.5) is 5.69 Å². The van der Waals surface area contributed by atoms with Crippen LogP contribution in [0.2, 0.25) is 0 Å². The van der Waals surface area contributed by atoms with E-state index in [9.17, 15) is 4.79 Å². The van der Waals surface area contributed by atoms with Crippen LogP contribution in [0.5, 0.6) is 5.75 Å². The molecule has 176 valence electrons. The number of carbonyl (C=O) groups excluding carboxylic acids is 1. The molecule has 4 aliphatic rings. The smallest absolute Gasteiger partial charge is 0.133 e. The summed E-state index contributed by atoms with van der Waals surface area (Å²) in [6.07, 6.45) is 11.8. The molecule has 0 radical (unpaired) electrons. The van der Waals surface area contributed by atoms with Gasteiger partial charge in [0.1, 0.15) is 11.5 Å². The van der Waals surface area contributed by atoms with Crippen LogP contribution in [-0.4, -0.2) is 26.0 Å². The van der Waals surface area contributed by atoms with E-state index in [4.69, 9.17) is 4.74 Å². The Hall–Kier alpha value is -1.51. The average molecular weight is 438 g/mol. The molecule has 0 N–H and O–H groups in total. The predicted molar refractivity (Wildman–Crippen MR) is 131 cm³/mol. The molecule has 1 aromatic rings. The van der Waals surface area contributed by atoms with Gasteiger partial charge in [-0.2, -0.15) is 0 Å². The van der Waals surface area contributed by atoms with Gasteiger partial charge >= 0.3 is 0 Å². The Morgan fingerprint density at radius 2 is 1.75 bits per heavy atom. The first kappa shape index (κ1) is 22.3. The maximum Gasteiger partial charge on any atom is 0.133 e. The van der Waals surface area contributed by atoms with E-state index in [1.807, 2.05) is 13.0 Å². The third-order valence-electron chi connectivity index (χ3n) is 11.1. The van der Waals surface area contributed by atoms with Gasteiger partial charge in [-0.25, -0.2) is 0 Å². The van der Waals surface area contributed by atoms with Crippen molar-refractivity contribution in [1.82, 2.24) is 0 Å². The van der Waals surface area contributed by atoms with Gasteiger partial charge in [-0.05, 0) is 111 Å². The first-order chi connectivity index (χ1) is 15.3. The van der Waals surface area contributed by atoms with Crippen LogP contribution in [0, 0.1) is 40.4 Å². The normalized spacial score (nSPS) is 43.0. The Balaban J connectivity index is 1.32. The molecule has 0 bridgehead atoms. The van der Waals surface area contributed by atoms with E-state index >= 15 is 0 Å². The molecule has 5 rings (SSSR count). The first-order valence-electron chi connectivity index (χ1n) is 13.2. The zero-order valence-corrected chi connectivity index (χ0v) is 20.9. The molecule has 3 nitrogen and oxygen atoms in total. The number of nitrogens with zero attached hydrogens (tertiary/aromatic N) is 1. The number of rotatable bonds is 4. The van der Waals surface area contributed by atoms with Gasteiger partial charge in [0.05, 0.1) is 7.11 Å². The van der Waals surface area contributed by atoms with E-state index in [2.05, 4.69) is 44.0 Å². The fourth-order valence-electron chi connectivity index (χ4n) is 9.30. The Kier molecular flexibility index (Phi) is 5.62. The number of hydrogen-bond acceptors (Lipinski definition) is 3. The van der Waals surface area contributed by atoms with Gasteiger partial charge in [-0.1, -0.05) is 19.9 Å². The van der Waals surface area contributed by atoms with Crippen LogP contribution in [-0.2, 0) is 4.79 Å². The van der Waals surface area contributed by atoms with Crippen molar-refractivity contribution in [2.45, 2.75) is 84.6 Å². The molecule has 32 heavy (non-hydrogen) atoms. The Labute approximate surface area is 195 Å². The van der Waals surface area contributed by atoms with Crippen molar-refractivity contribution >= 4 is 11.5 Å². The summed E-state index contributed by atoms with van der Waals surface area (Å²) < 4.78 is 5.47. The summed E-state index contributed by atoms with van der Waals surface area (Å²) >= 11 is 0. The number of methoxy groups -OCH3 is 1. The molecule has 0 amide bonds. The lowest BCUT2D eigenvalue weighted by Crippen LogP contribution is -2.55. The van der Waals surface area contributed by atoms with Crippen molar-refractivity contribution in [2.75, 3.05) is 19.1 Å². The molecule has 4 unspecified atom stereocenters. The quantitative estimate of drug-likeness (QED) is 0.522. The van der Waals surface area contributed by atoms with Gasteiger partial charge in [0.25, 0.3) is 0 Å². The average Bonchev–Trinajstić information content (AvgIpc) is 3.15. The summed E-state index contributed by atoms with van der Waals surface area (Å²) in [7, 11) is 4.03. The van der Waals surface area contributed by atoms with E-state index < -0.39 is 0 Å². The monoisotopic (exact) mass is 437 g/mol. The number of Topliss-reactive ketones (excluding diaryl/α,β-unsaturated/α-hetero) is 1. The number of anilines is 1. The third-order valence-corrected chi connectivity index (χ3v) is 11.1. The summed E-state index contributed by atoms with van der Waals surface area (Å²) in [5.41, 5.74) is 2.05. The molecular weight excluding hydrogens is 394 g/mol. The molecule has 0 heterocycles. The fourth-order valence-corrected chi connectivity index (χ4v) is 9.30. The molecule has 0 aliphatic heterocycles. The molecule has 0 aromatic heterocycles. The summed E-state index contributed by atoms with van der Waals surface area (Å²) in [4.78, 5) is 14.9. The summed E-state index contributed by atoms with van der Waals surface area (Å²) in [6, 6.07) is 9.17. The van der Waals surface area contributed by atoms with Crippen molar-refractivity contribution in [2.24, 2.45) is 40.4 Å². The number of ether oxygens (including phenoxy) is 1. The second-order valence-electron chi connectivity index (χ2n) is 12.2. The topological polar surface area (TPSA) is 29.5 Å². The van der Waals surface area contributed by atoms with Gasteiger partial charge in [-0.15, -0.1) is 0 Å². The van der Waals surface area contributed by atoms with Gasteiger partial charge in [0.15, 0.2) is 0 Å². The highest BCUT2D eigenvalue weighted by molar-refractivity contribution is 5.79. The number of benzene rings is 1. The molecule has 1 aromatic carbocycles. The second kappa shape index (κ2) is 8.06. The highest BCUT2D eigenvalue weighted by Gasteiger charge is 2.60. The minimum Gasteiger partial charge on any atom is -0.497 e. The number of hydrogen-bond donors (Lipinski definition) is 0. The number of fused-ring (bicyclic) bond motifs is 5. The minimum atomic E-state index is 0.278. The van der Waals surface area contributed by atoms with Gasteiger partial charge in [0, 0.05) is 30.8 Å². The first-order valence-corrected chi connectivity index (χ1v) is 13.2. The van der Waals surface area contributed by atoms with Crippen LogP contribution in [0.15, 0.2) is 24.3 Å². The molecule has 3 heteroatoms. The van der Waals surface area contributed by atoms with Crippen molar-refractivity contribution in [3.05, 3.63) is 24.3 Å². The predicted octanol–water partition coefficient (Wildman–Crippen LogP) is 6.75. The van der Waals surface area contributed by atoms with Crippen LogP contribution in [0.3, 0.4) is 0 Å². The minimum absolute atomic E-state index is 0.278. The van der Waals surface area contributed by atoms with Crippen LogP contribution in [0.1, 0.15) is 78.6 Å². The van der Waals surface area contributed by atoms with E-state index in [1.165, 1.54) is 57.1 Å². The molecule has 0 spiro atoms. The van der Waals surface area contributed by atoms with Gasteiger partial charge in [-0.3, -0.25) is 4.79 Å². The van der Waals surface area contributed by atoms with Crippen molar-refractivity contribution < 1.29 is 9.53 Å². The Bertz CT molecular complexity index is 866. The lowest BCUT2D eigenvalue weighted by atomic mass is 9.44. The largest absolute Gasteiger partial charge is 0.497 e. The van der Waals surface area contributed by atoms with E-state index in [0.717, 1.165) is 35.8 Å². The summed E-state index contributed by atoms with van der Waals surface area (Å²) in [6.45, 7) is 6.97. The molecule has 4 saturated carbocycles. The lowest BCUT2D eigenvalue weighted by molar-refractivity contribution is -0.134. The maximum absolute atomic E-state index is 12.4. The standard InChI is InChI=1S/C29H43NO2/c1-19(31)25-11-12-26-24-10-9-20-17-22(30(4)21-7-6-8-23(18-21)32-5)13-15-28(20,2)27(24)14-16-29(25,26)3/h6-8,18,20,22,24-27H,9-17H2,1-5H3/t20?,22-,24?,25-,26?,27?,28+,29-/m1/s1. The lowest BCUT2D eigenvalue weighted by Gasteiger charge is -2.61. The van der Waals surface area contributed by atoms with E-state index in [1.54, 1.807) is 7.11 Å².